The van der Waals surface area contributed by atoms with Gasteiger partial charge in [-0.2, -0.15) is 0 Å². The summed E-state index contributed by atoms with van der Waals surface area (Å²) in [5.41, 5.74) is 11.9. The third-order valence-corrected chi connectivity index (χ3v) is 20.9. The van der Waals surface area contributed by atoms with Crippen molar-refractivity contribution in [2.24, 2.45) is 0 Å². The van der Waals surface area contributed by atoms with E-state index in [0.717, 1.165) is 79.4 Å². The number of hydrogen-bond donors (Lipinski definition) is 4. The summed E-state index contributed by atoms with van der Waals surface area (Å²) in [7, 11) is -2.63. The van der Waals surface area contributed by atoms with Gasteiger partial charge < -0.3 is 30.9 Å². The van der Waals surface area contributed by atoms with Crippen molar-refractivity contribution in [2.45, 2.75) is 29.8 Å². The maximum atomic E-state index is 12.6. The number of hydrogen-bond acceptors (Lipinski definition) is 16. The lowest BCUT2D eigenvalue weighted by molar-refractivity contribution is 0.0336. The zero-order chi connectivity index (χ0) is 77.6. The molecule has 27 heteroatoms. The molecule has 7 aromatic carbocycles. The molecule has 20 nitrogen and oxygen atoms in total. The lowest BCUT2D eigenvalue weighted by Gasteiger charge is -2.26. The molecule has 5 aromatic heterocycles. The number of carbonyl (C=O) groups is 4. The highest BCUT2D eigenvalue weighted by Gasteiger charge is 2.19. The number of pyridine rings is 5. The number of sulfone groups is 2. The zero-order valence-corrected chi connectivity index (χ0v) is 64.6. The molecule has 1 aliphatic rings. The van der Waals surface area contributed by atoms with Gasteiger partial charge in [0.2, 0.25) is 0 Å². The van der Waals surface area contributed by atoms with Crippen molar-refractivity contribution in [2.75, 3.05) is 73.7 Å². The Hall–Kier alpha value is -10.6. The maximum absolute atomic E-state index is 12.6. The Morgan fingerprint density at radius 2 is 0.807 bits per heavy atom. The highest BCUT2D eigenvalue weighted by Crippen LogP contribution is 2.34. The molecule has 12 aromatic rings. The second-order valence-corrected chi connectivity index (χ2v) is 31.0. The molecule has 109 heavy (non-hydrogen) atoms. The number of nitrogens with zero attached hydrogens (tertiary/aromatic N) is 7. The smallest absolute Gasteiger partial charge is 0.257 e. The van der Waals surface area contributed by atoms with Gasteiger partial charge in [0.25, 0.3) is 23.6 Å². The average Bonchev–Trinajstić information content (AvgIpc) is 0.838. The van der Waals surface area contributed by atoms with Crippen LogP contribution in [-0.4, -0.2) is 128 Å². The fraction of sp³-hybridized carbons (Fsp3) is 0.134. The molecule has 0 saturated carbocycles. The molecule has 4 amide bonds. The van der Waals surface area contributed by atoms with Crippen LogP contribution in [0.1, 0.15) is 59.6 Å². The van der Waals surface area contributed by atoms with Crippen molar-refractivity contribution in [3.8, 4) is 45.0 Å². The fourth-order valence-corrected chi connectivity index (χ4v) is 13.4. The van der Waals surface area contributed by atoms with Gasteiger partial charge in [-0.05, 0) is 214 Å². The molecule has 0 bridgehead atoms. The van der Waals surface area contributed by atoms with Crippen molar-refractivity contribution in [3.63, 3.8) is 0 Å². The van der Waals surface area contributed by atoms with Gasteiger partial charge >= 0.3 is 0 Å². The summed E-state index contributed by atoms with van der Waals surface area (Å²) in [5, 5.41) is 14.0. The second kappa shape index (κ2) is 38.5. The van der Waals surface area contributed by atoms with Gasteiger partial charge in [0.1, 0.15) is 0 Å². The molecule has 6 heterocycles. The topological polar surface area (TPSA) is 265 Å². The normalized spacial score (nSPS) is 12.0. The highest BCUT2D eigenvalue weighted by molar-refractivity contribution is 7.91. The summed E-state index contributed by atoms with van der Waals surface area (Å²) < 4.78 is 52.1. The fourth-order valence-electron chi connectivity index (χ4n) is 10.8. The van der Waals surface area contributed by atoms with Crippen LogP contribution < -0.4 is 21.3 Å². The van der Waals surface area contributed by atoms with Gasteiger partial charge in [0.05, 0.1) is 93.5 Å². The minimum Gasteiger partial charge on any atom is -0.379 e. The number of carbonyl (C=O) groups excluding carboxylic acids is 4. The Morgan fingerprint density at radius 3 is 1.15 bits per heavy atom. The van der Waals surface area contributed by atoms with Crippen molar-refractivity contribution in [1.82, 2.24) is 34.7 Å². The molecule has 1 fully saturated rings. The third kappa shape index (κ3) is 23.2. The summed E-state index contributed by atoms with van der Waals surface area (Å²) in [6.07, 6.45) is 9.48. The van der Waals surface area contributed by atoms with E-state index in [4.69, 9.17) is 62.7 Å². The molecule has 556 valence electrons. The molecule has 1 aliphatic heterocycles. The largest absolute Gasteiger partial charge is 0.379 e. The molecular formula is C82H72Cl5N11O9S2. The Labute approximate surface area is 657 Å². The van der Waals surface area contributed by atoms with E-state index in [1.165, 1.54) is 48.5 Å². The van der Waals surface area contributed by atoms with Crippen LogP contribution in [0.3, 0.4) is 0 Å². The van der Waals surface area contributed by atoms with Crippen LogP contribution in [0.15, 0.2) is 265 Å². The van der Waals surface area contributed by atoms with E-state index in [1.807, 2.05) is 116 Å². The first-order valence-electron chi connectivity index (χ1n) is 33.8. The van der Waals surface area contributed by atoms with Crippen molar-refractivity contribution >= 4 is 124 Å². The van der Waals surface area contributed by atoms with Crippen molar-refractivity contribution < 1.29 is 40.8 Å². The molecule has 13 rings (SSSR count). The quantitative estimate of drug-likeness (QED) is 0.0586. The first kappa shape index (κ1) is 80.9. The van der Waals surface area contributed by atoms with Crippen LogP contribution in [0.2, 0.25) is 25.1 Å². The minimum absolute atomic E-state index is 0.0135. The molecule has 1 saturated heterocycles. The van der Waals surface area contributed by atoms with E-state index >= 15 is 0 Å². The van der Waals surface area contributed by atoms with Crippen LogP contribution in [0, 0.1) is 0 Å². The lowest BCUT2D eigenvalue weighted by Crippen LogP contribution is -2.35. The van der Waals surface area contributed by atoms with Gasteiger partial charge in [-0.3, -0.25) is 49.0 Å². The SMILES string of the molecule is CCS(=O)(=O)c1ccc(C(=O)Nc2ccc(Cl)c(-c3ccccn3)c2)cc1.CN(C)Cc1ccc(C(=O)Nc2ccc(Cl)c(-c3ccccn3)c2)c(Cl)c1.CS(=O)(=O)c1ccc(C(=O)Nc2ccc(Cl)c(-c3ccccn3)c2)cc1.O=C(Nc1ccc(Cl)c(-c2ccccn2)c1)c1ccc(CN2CCOCC2)nc1. The molecule has 0 aliphatic carbocycles. The summed E-state index contributed by atoms with van der Waals surface area (Å²) in [6.45, 7) is 6.40. The summed E-state index contributed by atoms with van der Waals surface area (Å²) in [6, 6.07) is 63.9. The van der Waals surface area contributed by atoms with Crippen LogP contribution in [-0.2, 0) is 37.5 Å². The average molecular weight is 1600 g/mol. The van der Waals surface area contributed by atoms with Crippen LogP contribution >= 0.6 is 58.0 Å². The highest BCUT2D eigenvalue weighted by atomic mass is 35.5. The second-order valence-electron chi connectivity index (χ2n) is 24.7. The molecule has 0 radical (unpaired) electrons. The van der Waals surface area contributed by atoms with Crippen molar-refractivity contribution in [1.29, 1.82) is 0 Å². The van der Waals surface area contributed by atoms with E-state index in [2.05, 4.69) is 51.1 Å². The van der Waals surface area contributed by atoms with Crippen LogP contribution in [0.5, 0.6) is 0 Å². The molecule has 4 N–H and O–H groups in total. The van der Waals surface area contributed by atoms with Gasteiger partial charge in [-0.1, -0.05) is 95.3 Å². The maximum Gasteiger partial charge on any atom is 0.257 e. The number of nitrogens with one attached hydrogen (secondary N) is 4. The number of morpholine rings is 1. The van der Waals surface area contributed by atoms with Gasteiger partial charge in [0, 0.05) is 120 Å². The number of anilines is 4. The molecule has 0 atom stereocenters. The first-order chi connectivity index (χ1) is 52.4. The monoisotopic (exact) mass is 1590 g/mol. The Balaban J connectivity index is 0.000000155. The molecule has 0 unspecified atom stereocenters. The predicted octanol–water partition coefficient (Wildman–Crippen LogP) is 17.8. The van der Waals surface area contributed by atoms with Gasteiger partial charge in [-0.25, -0.2) is 16.8 Å². The number of ether oxygens (including phenoxy) is 1. The van der Waals surface area contributed by atoms with E-state index in [1.54, 1.807) is 117 Å². The number of benzene rings is 7. The number of halogens is 5. The van der Waals surface area contributed by atoms with E-state index < -0.39 is 19.7 Å². The summed E-state index contributed by atoms with van der Waals surface area (Å²) >= 11 is 31.4. The Kier molecular flexibility index (Phi) is 28.6. The molecular weight excluding hydrogens is 1520 g/mol. The predicted molar refractivity (Wildman–Crippen MR) is 433 cm³/mol. The summed E-state index contributed by atoms with van der Waals surface area (Å²) in [5.74, 6) is -1.17. The van der Waals surface area contributed by atoms with Crippen LogP contribution in [0.25, 0.3) is 45.0 Å². The van der Waals surface area contributed by atoms with Gasteiger partial charge in [0.15, 0.2) is 19.7 Å². The Morgan fingerprint density at radius 1 is 0.431 bits per heavy atom. The third-order valence-electron chi connectivity index (χ3n) is 16.4. The van der Waals surface area contributed by atoms with E-state index in [9.17, 15) is 36.0 Å². The first-order valence-corrected chi connectivity index (χ1v) is 39.2. The van der Waals surface area contributed by atoms with E-state index in [0.29, 0.717) is 92.6 Å². The standard InChI is InChI=1S/C22H21ClN4O2.C21H19Cl2N3O.C20H17ClN2O3S.C19H15ClN2O3S/c23-20-7-6-17(13-19(20)21-3-1-2-8-24-21)26-22(28)16-4-5-18(25-14-16)15-27-9-11-29-12-10-27;1-26(2)13-14-6-8-16(19(23)11-14)21(27)25-15-7-9-18(22)17(12-15)20-5-3-4-10-24-20;1-2-27(25,26)16-9-6-14(7-10-16)20(24)23-15-8-11-18(21)17(13-15)19-5-3-4-12-22-19;1-26(24,25)15-8-5-13(6-9-15)19(23)22-14-7-10-17(20)16(12-14)18-4-2-3-11-21-18/h1-8,13-14H,9-12,15H2,(H,26,28);3-12H,13H2,1-2H3,(H,25,27);3-13H,2H2,1H3,(H,23,24);2-12H,1H3,(H,22,23). The zero-order valence-electron chi connectivity index (χ0n) is 59.2. The minimum atomic E-state index is -3.30. The lowest BCUT2D eigenvalue weighted by atomic mass is 10.1. The Bertz CT molecular complexity index is 5400. The van der Waals surface area contributed by atoms with E-state index in [-0.39, 0.29) is 39.2 Å². The van der Waals surface area contributed by atoms with Crippen molar-refractivity contribution in [3.05, 3.63) is 314 Å². The van der Waals surface area contributed by atoms with Gasteiger partial charge in [-0.15, -0.1) is 0 Å². The molecule has 0 spiro atoms. The number of aromatic nitrogens is 5. The summed E-state index contributed by atoms with van der Waals surface area (Å²) in [4.78, 5) is 76.5. The number of amides is 4. The number of rotatable bonds is 19. The van der Waals surface area contributed by atoms with Crippen LogP contribution in [0.4, 0.5) is 22.7 Å².